The van der Waals surface area contributed by atoms with Crippen molar-refractivity contribution in [3.05, 3.63) is 56.7 Å². The van der Waals surface area contributed by atoms with Crippen LogP contribution in [0.2, 0.25) is 0 Å². The number of carbonyl (C=O) groups is 1. The van der Waals surface area contributed by atoms with Gasteiger partial charge in [0.1, 0.15) is 0 Å². The molecule has 7 heteroatoms. The molecule has 1 aliphatic carbocycles. The van der Waals surface area contributed by atoms with E-state index >= 15 is 0 Å². The second-order valence-corrected chi connectivity index (χ2v) is 6.91. The minimum atomic E-state index is -0.415. The number of thioether (sulfide) groups is 1. The lowest BCUT2D eigenvalue weighted by Gasteiger charge is -2.24. The number of fused-ring (bicyclic) bond motifs is 2. The highest BCUT2D eigenvalue weighted by molar-refractivity contribution is 8.03. The van der Waals surface area contributed by atoms with Crippen LogP contribution in [0.15, 0.2) is 41.1 Å². The summed E-state index contributed by atoms with van der Waals surface area (Å²) in [6.45, 7) is 0. The van der Waals surface area contributed by atoms with Gasteiger partial charge >= 0.3 is 0 Å². The van der Waals surface area contributed by atoms with Crippen molar-refractivity contribution in [1.82, 2.24) is 9.80 Å². The van der Waals surface area contributed by atoms with Gasteiger partial charge in [0.25, 0.3) is 5.69 Å². The maximum absolute atomic E-state index is 11.7. The number of carbonyl (C=O) groups excluding carboxylic acids is 1. The molecule has 4 rings (SSSR count). The van der Waals surface area contributed by atoms with Crippen molar-refractivity contribution < 1.29 is 9.72 Å². The molecule has 6 nitrogen and oxygen atoms in total. The third-order valence-electron chi connectivity index (χ3n) is 4.43. The van der Waals surface area contributed by atoms with E-state index in [4.69, 9.17) is 0 Å². The molecule has 2 heterocycles. The van der Waals surface area contributed by atoms with Crippen LogP contribution in [0, 0.1) is 10.1 Å². The van der Waals surface area contributed by atoms with E-state index in [9.17, 15) is 14.9 Å². The van der Waals surface area contributed by atoms with E-state index in [1.165, 1.54) is 35.6 Å². The van der Waals surface area contributed by atoms with Crippen LogP contribution in [0.5, 0.6) is 0 Å². The van der Waals surface area contributed by atoms with Crippen LogP contribution < -0.4 is 0 Å². The Morgan fingerprint density at radius 3 is 2.91 bits per heavy atom. The summed E-state index contributed by atoms with van der Waals surface area (Å²) in [5.74, 6) is 0. The van der Waals surface area contributed by atoms with Crippen molar-refractivity contribution in [2.45, 2.75) is 31.2 Å². The van der Waals surface area contributed by atoms with Crippen LogP contribution >= 0.6 is 11.8 Å². The molecule has 0 bridgehead atoms. The number of amides is 1. The molecule has 0 N–H and O–H groups in total. The lowest BCUT2D eigenvalue weighted by Crippen LogP contribution is -2.32. The molecular formula is C16H15N3O3S. The fraction of sp³-hybridized carbons (Fsp3) is 0.312. The minimum Gasteiger partial charge on any atom is -0.319 e. The molecular weight excluding hydrogens is 314 g/mol. The topological polar surface area (TPSA) is 66.7 Å². The monoisotopic (exact) mass is 329 g/mol. The molecule has 1 amide bonds. The third-order valence-corrected chi connectivity index (χ3v) is 5.82. The van der Waals surface area contributed by atoms with E-state index in [0.29, 0.717) is 5.56 Å². The third kappa shape index (κ3) is 2.23. The molecule has 0 spiro atoms. The molecule has 3 aliphatic rings. The van der Waals surface area contributed by atoms with Gasteiger partial charge in [0.05, 0.1) is 10.6 Å². The number of nitro groups is 1. The van der Waals surface area contributed by atoms with Gasteiger partial charge in [0, 0.05) is 34.5 Å². The van der Waals surface area contributed by atoms with E-state index in [1.807, 2.05) is 6.20 Å². The quantitative estimate of drug-likeness (QED) is 0.482. The maximum Gasteiger partial charge on any atom is 0.270 e. The summed E-state index contributed by atoms with van der Waals surface area (Å²) in [4.78, 5) is 27.4. The fourth-order valence-corrected chi connectivity index (χ4v) is 4.78. The van der Waals surface area contributed by atoms with Gasteiger partial charge in [-0.05, 0) is 25.7 Å². The second kappa shape index (κ2) is 5.42. The molecule has 1 aromatic rings. The van der Waals surface area contributed by atoms with Gasteiger partial charge in [-0.1, -0.05) is 23.9 Å². The highest BCUT2D eigenvalue weighted by Gasteiger charge is 2.42. The number of hydrogen-bond donors (Lipinski definition) is 0. The summed E-state index contributed by atoms with van der Waals surface area (Å²) in [5, 5.41) is 11.0. The largest absolute Gasteiger partial charge is 0.319 e. The van der Waals surface area contributed by atoms with Crippen LogP contribution in [-0.2, 0) is 4.79 Å². The number of rotatable bonds is 3. The minimum absolute atomic E-state index is 0.0338. The molecule has 0 saturated carbocycles. The number of hydrogen-bond acceptors (Lipinski definition) is 5. The lowest BCUT2D eigenvalue weighted by atomic mass is 10.0. The van der Waals surface area contributed by atoms with E-state index in [-0.39, 0.29) is 11.2 Å². The van der Waals surface area contributed by atoms with Gasteiger partial charge < -0.3 is 4.90 Å². The predicted octanol–water partition coefficient (Wildman–Crippen LogP) is 3.48. The van der Waals surface area contributed by atoms with Gasteiger partial charge in [-0.25, -0.2) is 0 Å². The first-order chi connectivity index (χ1) is 11.2. The van der Waals surface area contributed by atoms with Crippen LogP contribution in [0.1, 0.15) is 31.2 Å². The second-order valence-electron chi connectivity index (χ2n) is 5.76. The highest BCUT2D eigenvalue weighted by atomic mass is 32.2. The van der Waals surface area contributed by atoms with Crippen LogP contribution in [-0.4, -0.2) is 26.6 Å². The van der Waals surface area contributed by atoms with E-state index < -0.39 is 4.92 Å². The van der Waals surface area contributed by atoms with Crippen molar-refractivity contribution in [2.24, 2.45) is 0 Å². The molecule has 1 aromatic carbocycles. The first kappa shape index (κ1) is 14.3. The SMILES string of the molecule is O=CN1C(c2cccc([N+](=O)[O-])c2)=CN2C3=C(CCCC3)SC12. The van der Waals surface area contributed by atoms with E-state index in [1.54, 1.807) is 28.8 Å². The Hall–Kier alpha value is -2.28. The summed E-state index contributed by atoms with van der Waals surface area (Å²) in [6.07, 6.45) is 7.27. The van der Waals surface area contributed by atoms with Crippen molar-refractivity contribution in [1.29, 1.82) is 0 Å². The summed E-state index contributed by atoms with van der Waals surface area (Å²) >= 11 is 1.72. The zero-order valence-electron chi connectivity index (χ0n) is 12.3. The van der Waals surface area contributed by atoms with E-state index in [2.05, 4.69) is 4.90 Å². The molecule has 0 fully saturated rings. The summed E-state index contributed by atoms with van der Waals surface area (Å²) < 4.78 is 0. The molecule has 118 valence electrons. The number of allylic oxidation sites excluding steroid dienone is 2. The van der Waals surface area contributed by atoms with E-state index in [0.717, 1.165) is 24.9 Å². The molecule has 1 unspecified atom stereocenters. The highest BCUT2D eigenvalue weighted by Crippen LogP contribution is 2.51. The van der Waals surface area contributed by atoms with Crippen LogP contribution in [0.25, 0.3) is 5.70 Å². The lowest BCUT2D eigenvalue weighted by molar-refractivity contribution is -0.384. The Balaban J connectivity index is 1.74. The summed E-state index contributed by atoms with van der Waals surface area (Å²) in [5.41, 5.74) is 2.67. The number of nitrogens with zero attached hydrogens (tertiary/aromatic N) is 3. The van der Waals surface area contributed by atoms with Gasteiger partial charge in [-0.2, -0.15) is 0 Å². The van der Waals surface area contributed by atoms with Crippen molar-refractivity contribution in [2.75, 3.05) is 0 Å². The average Bonchev–Trinajstić information content (AvgIpc) is 3.10. The molecule has 1 atom stereocenters. The molecule has 0 radical (unpaired) electrons. The Morgan fingerprint density at radius 1 is 1.30 bits per heavy atom. The zero-order chi connectivity index (χ0) is 16.0. The molecule has 23 heavy (non-hydrogen) atoms. The molecule has 0 aromatic heterocycles. The van der Waals surface area contributed by atoms with Crippen molar-refractivity contribution in [3.63, 3.8) is 0 Å². The van der Waals surface area contributed by atoms with Crippen LogP contribution in [0.4, 0.5) is 5.69 Å². The van der Waals surface area contributed by atoms with Crippen LogP contribution in [0.3, 0.4) is 0 Å². The Labute approximate surface area is 137 Å². The standard InChI is InChI=1S/C16H15N3O3S/c20-10-18-14(11-4-3-5-12(8-11)19(21)22)9-17-13-6-1-2-7-15(13)23-16(17)18/h3-5,8-10,16H,1-2,6-7H2. The smallest absolute Gasteiger partial charge is 0.270 e. The predicted molar refractivity (Wildman–Crippen MR) is 87.7 cm³/mol. The average molecular weight is 329 g/mol. The van der Waals surface area contributed by atoms with Gasteiger partial charge in [-0.3, -0.25) is 19.8 Å². The fourth-order valence-electron chi connectivity index (χ4n) is 3.34. The Morgan fingerprint density at radius 2 is 2.13 bits per heavy atom. The number of benzene rings is 1. The van der Waals surface area contributed by atoms with Gasteiger partial charge in [0.15, 0.2) is 5.50 Å². The van der Waals surface area contributed by atoms with Crippen molar-refractivity contribution >= 4 is 29.6 Å². The Bertz CT molecular complexity index is 759. The molecule has 2 aliphatic heterocycles. The summed E-state index contributed by atoms with van der Waals surface area (Å²) in [6, 6.07) is 6.44. The normalized spacial score (nSPS) is 22.8. The first-order valence-electron chi connectivity index (χ1n) is 7.56. The molecule has 0 saturated heterocycles. The zero-order valence-corrected chi connectivity index (χ0v) is 13.2. The first-order valence-corrected chi connectivity index (χ1v) is 8.44. The van der Waals surface area contributed by atoms with Gasteiger partial charge in [-0.15, -0.1) is 0 Å². The number of nitro benzene ring substituents is 1. The van der Waals surface area contributed by atoms with Crippen molar-refractivity contribution in [3.8, 4) is 0 Å². The number of non-ortho nitro benzene ring substituents is 1. The van der Waals surface area contributed by atoms with Gasteiger partial charge in [0.2, 0.25) is 6.41 Å². The Kier molecular flexibility index (Phi) is 3.37. The summed E-state index contributed by atoms with van der Waals surface area (Å²) in [7, 11) is 0. The maximum atomic E-state index is 11.7.